The molecule has 0 heterocycles. The molecule has 4 heteroatoms. The van der Waals surface area contributed by atoms with Gasteiger partial charge in [-0.05, 0) is 32.9 Å². The third-order valence-electron chi connectivity index (χ3n) is 2.60. The van der Waals surface area contributed by atoms with E-state index in [4.69, 9.17) is 5.73 Å². The van der Waals surface area contributed by atoms with Crippen LogP contribution in [0.15, 0.2) is 22.7 Å². The predicted molar refractivity (Wildman–Crippen MR) is 76.2 cm³/mol. The van der Waals surface area contributed by atoms with Gasteiger partial charge in [-0.15, -0.1) is 0 Å². The average Bonchev–Trinajstić information content (AvgIpc) is 2.24. The largest absolute Gasteiger partial charge is 0.389 e. The van der Waals surface area contributed by atoms with Crippen molar-refractivity contribution in [2.45, 2.75) is 32.9 Å². The first-order chi connectivity index (χ1) is 7.89. The van der Waals surface area contributed by atoms with Crippen LogP contribution in [0.4, 0.5) is 5.69 Å². The van der Waals surface area contributed by atoms with E-state index in [1.54, 1.807) is 0 Å². The number of hydrogen-bond donors (Lipinski definition) is 2. The Morgan fingerprint density at radius 3 is 2.53 bits per heavy atom. The Hall–Kier alpha value is -0.580. The first kappa shape index (κ1) is 14.5. The molecule has 0 aliphatic heterocycles. The van der Waals surface area contributed by atoms with Gasteiger partial charge in [0.2, 0.25) is 0 Å². The van der Waals surface area contributed by atoms with Crippen LogP contribution >= 0.6 is 15.9 Å². The van der Waals surface area contributed by atoms with Gasteiger partial charge >= 0.3 is 0 Å². The third kappa shape index (κ3) is 3.98. The maximum atomic E-state index is 9.93. The highest BCUT2D eigenvalue weighted by molar-refractivity contribution is 9.10. The van der Waals surface area contributed by atoms with E-state index in [-0.39, 0.29) is 0 Å². The van der Waals surface area contributed by atoms with Crippen LogP contribution in [-0.2, 0) is 6.54 Å². The zero-order valence-electron chi connectivity index (χ0n) is 10.7. The molecule has 0 aromatic heterocycles. The SMILES string of the molecule is CCN(CC(C)(C)O)c1cccc(Br)c1CN. The van der Waals surface area contributed by atoms with E-state index in [1.807, 2.05) is 32.0 Å². The van der Waals surface area contributed by atoms with Crippen molar-refractivity contribution >= 4 is 21.6 Å². The number of rotatable bonds is 5. The summed E-state index contributed by atoms with van der Waals surface area (Å²) in [6, 6.07) is 6.03. The van der Waals surface area contributed by atoms with Gasteiger partial charge in [-0.3, -0.25) is 0 Å². The molecule has 0 aliphatic rings. The van der Waals surface area contributed by atoms with E-state index in [9.17, 15) is 5.11 Å². The van der Waals surface area contributed by atoms with Crippen molar-refractivity contribution in [1.29, 1.82) is 0 Å². The first-order valence-electron chi connectivity index (χ1n) is 5.84. The summed E-state index contributed by atoms with van der Waals surface area (Å²) in [5, 5.41) is 9.93. The smallest absolute Gasteiger partial charge is 0.0765 e. The van der Waals surface area contributed by atoms with Crippen LogP contribution in [0.1, 0.15) is 26.3 Å². The zero-order chi connectivity index (χ0) is 13.1. The molecule has 1 aromatic carbocycles. The molecule has 0 saturated heterocycles. The molecule has 17 heavy (non-hydrogen) atoms. The van der Waals surface area contributed by atoms with E-state index in [0.29, 0.717) is 13.1 Å². The monoisotopic (exact) mass is 300 g/mol. The van der Waals surface area contributed by atoms with Gasteiger partial charge in [-0.1, -0.05) is 22.0 Å². The third-order valence-corrected chi connectivity index (χ3v) is 3.34. The van der Waals surface area contributed by atoms with Crippen molar-refractivity contribution in [2.75, 3.05) is 18.0 Å². The molecular formula is C13H21BrN2O. The second-order valence-corrected chi connectivity index (χ2v) is 5.62. The van der Waals surface area contributed by atoms with E-state index >= 15 is 0 Å². The van der Waals surface area contributed by atoms with Gasteiger partial charge in [0.15, 0.2) is 0 Å². The van der Waals surface area contributed by atoms with Gasteiger partial charge < -0.3 is 15.7 Å². The fourth-order valence-electron chi connectivity index (χ4n) is 1.88. The summed E-state index contributed by atoms with van der Waals surface area (Å²) in [5.74, 6) is 0. The Balaban J connectivity index is 3.07. The van der Waals surface area contributed by atoms with Crippen LogP contribution in [0, 0.1) is 0 Å². The Morgan fingerprint density at radius 1 is 1.41 bits per heavy atom. The molecule has 3 N–H and O–H groups in total. The second kappa shape index (κ2) is 5.85. The number of aliphatic hydroxyl groups is 1. The topological polar surface area (TPSA) is 49.5 Å². The number of nitrogens with zero attached hydrogens (tertiary/aromatic N) is 1. The molecule has 0 spiro atoms. The fraction of sp³-hybridized carbons (Fsp3) is 0.538. The molecule has 0 unspecified atom stereocenters. The van der Waals surface area contributed by atoms with E-state index in [1.165, 1.54) is 0 Å². The standard InChI is InChI=1S/C13H21BrN2O/c1-4-16(9-13(2,3)17)12-7-5-6-11(14)10(12)8-15/h5-7,17H,4,8-9,15H2,1-3H3. The van der Waals surface area contributed by atoms with Crippen molar-refractivity contribution in [1.82, 2.24) is 0 Å². The van der Waals surface area contributed by atoms with Gasteiger partial charge in [0.1, 0.15) is 0 Å². The van der Waals surface area contributed by atoms with Crippen molar-refractivity contribution in [3.63, 3.8) is 0 Å². The Labute approximate surface area is 112 Å². The van der Waals surface area contributed by atoms with Gasteiger partial charge in [0.05, 0.1) is 5.60 Å². The molecule has 0 atom stereocenters. The predicted octanol–water partition coefficient (Wildman–Crippen LogP) is 2.50. The molecule has 1 aromatic rings. The summed E-state index contributed by atoms with van der Waals surface area (Å²) in [6.45, 7) is 7.62. The average molecular weight is 301 g/mol. The molecule has 1 rings (SSSR count). The second-order valence-electron chi connectivity index (χ2n) is 4.77. The number of halogens is 1. The maximum absolute atomic E-state index is 9.93. The maximum Gasteiger partial charge on any atom is 0.0765 e. The van der Waals surface area contributed by atoms with Crippen LogP contribution in [0.5, 0.6) is 0 Å². The van der Waals surface area contributed by atoms with Crippen LogP contribution in [-0.4, -0.2) is 23.8 Å². The first-order valence-corrected chi connectivity index (χ1v) is 6.63. The van der Waals surface area contributed by atoms with E-state index in [0.717, 1.165) is 22.3 Å². The molecule has 0 amide bonds. The number of nitrogens with two attached hydrogens (primary N) is 1. The molecule has 0 radical (unpaired) electrons. The minimum atomic E-state index is -0.718. The lowest BCUT2D eigenvalue weighted by molar-refractivity contribution is 0.0875. The van der Waals surface area contributed by atoms with Gasteiger partial charge in [-0.25, -0.2) is 0 Å². The lowest BCUT2D eigenvalue weighted by Crippen LogP contribution is -2.39. The van der Waals surface area contributed by atoms with Crippen molar-refractivity contribution in [2.24, 2.45) is 5.73 Å². The van der Waals surface area contributed by atoms with Gasteiger partial charge in [0.25, 0.3) is 0 Å². The fourth-order valence-corrected chi connectivity index (χ4v) is 2.40. The van der Waals surface area contributed by atoms with Crippen molar-refractivity contribution in [3.8, 4) is 0 Å². The minimum absolute atomic E-state index is 0.485. The highest BCUT2D eigenvalue weighted by Gasteiger charge is 2.19. The number of hydrogen-bond acceptors (Lipinski definition) is 3. The van der Waals surface area contributed by atoms with Crippen LogP contribution < -0.4 is 10.6 Å². The van der Waals surface area contributed by atoms with E-state index < -0.39 is 5.60 Å². The Kier molecular flexibility index (Phi) is 4.98. The van der Waals surface area contributed by atoms with Crippen LogP contribution in [0.25, 0.3) is 0 Å². The number of benzene rings is 1. The van der Waals surface area contributed by atoms with Crippen molar-refractivity contribution < 1.29 is 5.11 Å². The highest BCUT2D eigenvalue weighted by atomic mass is 79.9. The van der Waals surface area contributed by atoms with Gasteiger partial charge in [-0.2, -0.15) is 0 Å². The quantitative estimate of drug-likeness (QED) is 0.878. The normalized spacial score (nSPS) is 11.6. The number of anilines is 1. The van der Waals surface area contributed by atoms with Crippen molar-refractivity contribution in [3.05, 3.63) is 28.2 Å². The van der Waals surface area contributed by atoms with Crippen LogP contribution in [0.2, 0.25) is 0 Å². The molecule has 3 nitrogen and oxygen atoms in total. The molecular weight excluding hydrogens is 280 g/mol. The van der Waals surface area contributed by atoms with Crippen LogP contribution in [0.3, 0.4) is 0 Å². The minimum Gasteiger partial charge on any atom is -0.389 e. The summed E-state index contributed by atoms with van der Waals surface area (Å²) in [4.78, 5) is 2.15. The molecule has 0 fully saturated rings. The number of likely N-dealkylation sites (N-methyl/N-ethyl adjacent to an activating group) is 1. The van der Waals surface area contributed by atoms with E-state index in [2.05, 4.69) is 27.8 Å². The summed E-state index contributed by atoms with van der Waals surface area (Å²) >= 11 is 3.52. The summed E-state index contributed by atoms with van der Waals surface area (Å²) in [7, 11) is 0. The lowest BCUT2D eigenvalue weighted by Gasteiger charge is -2.31. The molecule has 0 aliphatic carbocycles. The summed E-state index contributed by atoms with van der Waals surface area (Å²) in [6.07, 6.45) is 0. The Bertz CT molecular complexity index is 374. The highest BCUT2D eigenvalue weighted by Crippen LogP contribution is 2.28. The molecule has 0 saturated carbocycles. The molecule has 96 valence electrons. The zero-order valence-corrected chi connectivity index (χ0v) is 12.3. The Morgan fingerprint density at radius 2 is 2.06 bits per heavy atom. The van der Waals surface area contributed by atoms with Gasteiger partial charge in [0, 0.05) is 35.4 Å². The lowest BCUT2D eigenvalue weighted by atomic mass is 10.1. The summed E-state index contributed by atoms with van der Waals surface area (Å²) in [5.41, 5.74) is 7.24. The summed E-state index contributed by atoms with van der Waals surface area (Å²) < 4.78 is 1.02. The molecule has 0 bridgehead atoms.